The number of carbonyl (C=O) groups excluding carboxylic acids is 1. The highest BCUT2D eigenvalue weighted by atomic mass is 16.2. The molecule has 3 heterocycles. The van der Waals surface area contributed by atoms with Crippen LogP contribution < -0.4 is 10.2 Å². The Hall–Kier alpha value is -3.09. The van der Waals surface area contributed by atoms with Crippen LogP contribution in [0.4, 0.5) is 5.69 Å². The van der Waals surface area contributed by atoms with Crippen LogP contribution in [0.15, 0.2) is 37.1 Å². The van der Waals surface area contributed by atoms with Crippen molar-refractivity contribution < 1.29 is 4.79 Å². The minimum Gasteiger partial charge on any atom is -0.371 e. The summed E-state index contributed by atoms with van der Waals surface area (Å²) in [6.07, 6.45) is 8.66. The Morgan fingerprint density at radius 1 is 1.19 bits per heavy atom. The molecule has 6 rings (SSSR count). The van der Waals surface area contributed by atoms with Crippen molar-refractivity contribution in [3.05, 3.63) is 65.3 Å². The van der Waals surface area contributed by atoms with E-state index < -0.39 is 0 Å². The van der Waals surface area contributed by atoms with E-state index in [9.17, 15) is 4.79 Å². The number of imidazole rings is 2. The van der Waals surface area contributed by atoms with Gasteiger partial charge in [0.25, 0.3) is 5.91 Å². The summed E-state index contributed by atoms with van der Waals surface area (Å²) < 4.78 is 4.03. The molecule has 3 atom stereocenters. The molecule has 1 aliphatic heterocycles. The average Bonchev–Trinajstić information content (AvgIpc) is 3.22. The summed E-state index contributed by atoms with van der Waals surface area (Å²) in [5.41, 5.74) is 6.53. The molecule has 160 valence electrons. The zero-order valence-electron chi connectivity index (χ0n) is 18.1. The lowest BCUT2D eigenvalue weighted by Gasteiger charge is -2.21. The summed E-state index contributed by atoms with van der Waals surface area (Å²) in [7, 11) is 2.00. The first-order chi connectivity index (χ1) is 15.0. The molecule has 2 aromatic heterocycles. The monoisotopic (exact) mass is 416 g/mol. The van der Waals surface area contributed by atoms with Crippen molar-refractivity contribution in [3.8, 4) is 0 Å². The Morgan fingerprint density at radius 2 is 2.03 bits per heavy atom. The van der Waals surface area contributed by atoms with Gasteiger partial charge in [0.2, 0.25) is 0 Å². The standard InChI is InChI=1S/C24H28N6O/c1-15-7-19(30-10-17-8-18(17)11-30)4-3-16(15)9-29-12-21(25-14-29)24(31)27-20-5-6-22-23(20)26-13-28(22)2/h3-4,7,12-14,17-18,20H,5-6,8-11H2,1-2H3,(H,27,31)/t17?,18?,20-/m1/s1. The maximum absolute atomic E-state index is 12.7. The summed E-state index contributed by atoms with van der Waals surface area (Å²) in [4.78, 5) is 24.1. The second-order valence-corrected chi connectivity index (χ2v) is 9.46. The summed E-state index contributed by atoms with van der Waals surface area (Å²) in [6, 6.07) is 6.73. The van der Waals surface area contributed by atoms with Crippen molar-refractivity contribution in [2.75, 3.05) is 18.0 Å². The Bertz CT molecular complexity index is 1150. The summed E-state index contributed by atoms with van der Waals surface area (Å²) in [5, 5.41) is 3.10. The highest BCUT2D eigenvalue weighted by Crippen LogP contribution is 2.46. The molecular formula is C24H28N6O. The Balaban J connectivity index is 1.12. The van der Waals surface area contributed by atoms with E-state index in [1.165, 1.54) is 42.0 Å². The third kappa shape index (κ3) is 3.32. The van der Waals surface area contributed by atoms with Gasteiger partial charge in [0.05, 0.1) is 24.4 Å². The van der Waals surface area contributed by atoms with Crippen LogP contribution in [-0.2, 0) is 20.0 Å². The smallest absolute Gasteiger partial charge is 0.272 e. The second kappa shape index (κ2) is 6.97. The number of carbonyl (C=O) groups is 1. The molecule has 7 nitrogen and oxygen atoms in total. The number of anilines is 1. The average molecular weight is 417 g/mol. The van der Waals surface area contributed by atoms with Gasteiger partial charge < -0.3 is 19.4 Å². The molecule has 0 spiro atoms. The number of benzene rings is 1. The van der Waals surface area contributed by atoms with Crippen LogP contribution in [0.3, 0.4) is 0 Å². The minimum absolute atomic E-state index is 0.0275. The summed E-state index contributed by atoms with van der Waals surface area (Å²) in [5.74, 6) is 1.73. The first-order valence-electron chi connectivity index (χ1n) is 11.2. The Morgan fingerprint density at radius 3 is 2.84 bits per heavy atom. The molecule has 3 aromatic rings. The molecule has 31 heavy (non-hydrogen) atoms. The highest BCUT2D eigenvalue weighted by Gasteiger charge is 2.45. The van der Waals surface area contributed by atoms with Gasteiger partial charge in [-0.1, -0.05) is 6.07 Å². The van der Waals surface area contributed by atoms with Gasteiger partial charge >= 0.3 is 0 Å². The van der Waals surface area contributed by atoms with Crippen molar-refractivity contribution in [1.82, 2.24) is 24.4 Å². The molecule has 0 bridgehead atoms. The molecule has 2 aliphatic carbocycles. The van der Waals surface area contributed by atoms with Gasteiger partial charge in [-0.2, -0.15) is 0 Å². The van der Waals surface area contributed by atoms with Gasteiger partial charge in [-0.3, -0.25) is 4.79 Å². The zero-order chi connectivity index (χ0) is 21.1. The maximum atomic E-state index is 12.7. The molecular weight excluding hydrogens is 388 g/mol. The number of nitrogens with zero attached hydrogens (tertiary/aromatic N) is 5. The van der Waals surface area contributed by atoms with Crippen LogP contribution in [-0.4, -0.2) is 38.1 Å². The lowest BCUT2D eigenvalue weighted by Crippen LogP contribution is -2.27. The van der Waals surface area contributed by atoms with Crippen molar-refractivity contribution in [2.24, 2.45) is 18.9 Å². The van der Waals surface area contributed by atoms with Crippen LogP contribution in [0, 0.1) is 18.8 Å². The number of amides is 1. The van der Waals surface area contributed by atoms with E-state index >= 15 is 0 Å². The predicted molar refractivity (Wildman–Crippen MR) is 118 cm³/mol. The SMILES string of the molecule is Cc1cc(N2CC3CC3C2)ccc1Cn1cnc(C(=O)N[C@@H]2CCc3c2ncn3C)c1. The molecule has 1 saturated carbocycles. The van der Waals surface area contributed by atoms with E-state index in [-0.39, 0.29) is 11.9 Å². The number of nitrogens with one attached hydrogen (secondary N) is 1. The van der Waals surface area contributed by atoms with Gasteiger partial charge in [0.1, 0.15) is 5.69 Å². The van der Waals surface area contributed by atoms with Gasteiger partial charge in [-0.25, -0.2) is 9.97 Å². The largest absolute Gasteiger partial charge is 0.371 e. The van der Waals surface area contributed by atoms with Crippen molar-refractivity contribution >= 4 is 11.6 Å². The first kappa shape index (κ1) is 18.7. The minimum atomic E-state index is -0.137. The lowest BCUT2D eigenvalue weighted by molar-refractivity contribution is 0.0931. The number of hydrogen-bond acceptors (Lipinski definition) is 4. The highest BCUT2D eigenvalue weighted by molar-refractivity contribution is 5.92. The normalized spacial score (nSPS) is 23.7. The number of aromatic nitrogens is 4. The van der Waals surface area contributed by atoms with Crippen molar-refractivity contribution in [2.45, 2.75) is 38.8 Å². The number of hydrogen-bond donors (Lipinski definition) is 1. The van der Waals surface area contributed by atoms with Gasteiger partial charge in [0.15, 0.2) is 0 Å². The molecule has 3 aliphatic rings. The first-order valence-corrected chi connectivity index (χ1v) is 11.2. The van der Waals surface area contributed by atoms with Crippen LogP contribution >= 0.6 is 0 Å². The fourth-order valence-corrected chi connectivity index (χ4v) is 5.28. The molecule has 7 heteroatoms. The molecule has 0 radical (unpaired) electrons. The fraction of sp³-hybridized carbons (Fsp3) is 0.458. The van der Waals surface area contributed by atoms with E-state index in [1.807, 2.05) is 28.7 Å². The number of aryl methyl sites for hydroxylation is 2. The maximum Gasteiger partial charge on any atom is 0.272 e. The molecule has 2 fully saturated rings. The van der Waals surface area contributed by atoms with E-state index in [1.54, 1.807) is 6.33 Å². The van der Waals surface area contributed by atoms with Crippen molar-refractivity contribution in [3.63, 3.8) is 0 Å². The van der Waals surface area contributed by atoms with Gasteiger partial charge in [0, 0.05) is 44.3 Å². The Labute approximate surface area is 182 Å². The van der Waals surface area contributed by atoms with Crippen LogP contribution in [0.2, 0.25) is 0 Å². The molecule has 1 saturated heterocycles. The zero-order valence-corrected chi connectivity index (χ0v) is 18.1. The van der Waals surface area contributed by atoms with Crippen LogP contribution in [0.1, 0.15) is 51.9 Å². The number of piperidine rings is 1. The van der Waals surface area contributed by atoms with Crippen LogP contribution in [0.25, 0.3) is 0 Å². The summed E-state index contributed by atoms with van der Waals surface area (Å²) >= 11 is 0. The molecule has 1 amide bonds. The fourth-order valence-electron chi connectivity index (χ4n) is 5.28. The molecule has 1 N–H and O–H groups in total. The number of fused-ring (bicyclic) bond motifs is 2. The lowest BCUT2D eigenvalue weighted by atomic mass is 10.1. The summed E-state index contributed by atoms with van der Waals surface area (Å²) in [6.45, 7) is 5.31. The van der Waals surface area contributed by atoms with E-state index in [4.69, 9.17) is 0 Å². The van der Waals surface area contributed by atoms with Crippen molar-refractivity contribution in [1.29, 1.82) is 0 Å². The quantitative estimate of drug-likeness (QED) is 0.695. The molecule has 2 unspecified atom stereocenters. The number of rotatable bonds is 5. The Kier molecular flexibility index (Phi) is 4.20. The van der Waals surface area contributed by atoms with Gasteiger partial charge in [-0.05, 0) is 61.3 Å². The van der Waals surface area contributed by atoms with E-state index in [0.717, 1.165) is 30.4 Å². The predicted octanol–water partition coefficient (Wildman–Crippen LogP) is 2.85. The van der Waals surface area contributed by atoms with E-state index in [0.29, 0.717) is 12.2 Å². The van der Waals surface area contributed by atoms with Crippen LogP contribution in [0.5, 0.6) is 0 Å². The third-order valence-corrected chi connectivity index (χ3v) is 7.29. The molecule has 1 aromatic carbocycles. The topological polar surface area (TPSA) is 68.0 Å². The second-order valence-electron chi connectivity index (χ2n) is 9.46. The van der Waals surface area contributed by atoms with Gasteiger partial charge in [-0.15, -0.1) is 0 Å². The third-order valence-electron chi connectivity index (χ3n) is 7.29. The van der Waals surface area contributed by atoms with E-state index in [2.05, 4.69) is 45.3 Å².